The smallest absolute Gasteiger partial charge is 0.251 e. The molecule has 3 aromatic rings. The Balaban J connectivity index is 1.59. The van der Waals surface area contributed by atoms with Gasteiger partial charge >= 0.3 is 0 Å². The lowest BCUT2D eigenvalue weighted by atomic mass is 10.0. The normalized spacial score (nSPS) is 10.6. The van der Waals surface area contributed by atoms with Crippen LogP contribution in [-0.2, 0) is 13.0 Å². The third-order valence-electron chi connectivity index (χ3n) is 3.98. The van der Waals surface area contributed by atoms with Crippen molar-refractivity contribution in [2.75, 3.05) is 0 Å². The summed E-state index contributed by atoms with van der Waals surface area (Å²) in [6.45, 7) is 4.40. The molecule has 24 heavy (non-hydrogen) atoms. The fourth-order valence-electron chi connectivity index (χ4n) is 2.50. The summed E-state index contributed by atoms with van der Waals surface area (Å²) < 4.78 is 5.32. The standard InChI is InChI=1S/C20H20N2O2/c1-14-7-9-16(10-8-14)20(23)21-13-19-12-18(22-24-19)11-17-6-4-3-5-15(17)2/h3-10,12H,11,13H2,1-2H3,(H,21,23). The van der Waals surface area contributed by atoms with Gasteiger partial charge in [-0.3, -0.25) is 4.79 Å². The van der Waals surface area contributed by atoms with Crippen LogP contribution < -0.4 is 5.32 Å². The van der Waals surface area contributed by atoms with E-state index < -0.39 is 0 Å². The van der Waals surface area contributed by atoms with Gasteiger partial charge in [-0.1, -0.05) is 47.1 Å². The molecule has 1 amide bonds. The zero-order valence-corrected chi connectivity index (χ0v) is 13.9. The summed E-state index contributed by atoms with van der Waals surface area (Å²) in [5, 5.41) is 6.94. The highest BCUT2D eigenvalue weighted by Gasteiger charge is 2.09. The molecular weight excluding hydrogens is 300 g/mol. The van der Waals surface area contributed by atoms with Gasteiger partial charge in [-0.15, -0.1) is 0 Å². The Hall–Kier alpha value is -2.88. The molecule has 2 aromatic carbocycles. The molecule has 4 heteroatoms. The zero-order chi connectivity index (χ0) is 16.9. The SMILES string of the molecule is Cc1ccc(C(=O)NCc2cc(Cc3ccccc3C)no2)cc1. The van der Waals surface area contributed by atoms with Crippen molar-refractivity contribution in [3.05, 3.63) is 88.3 Å². The fourth-order valence-corrected chi connectivity index (χ4v) is 2.50. The first-order chi connectivity index (χ1) is 11.6. The summed E-state index contributed by atoms with van der Waals surface area (Å²) in [4.78, 5) is 12.1. The quantitative estimate of drug-likeness (QED) is 0.777. The highest BCUT2D eigenvalue weighted by Crippen LogP contribution is 2.14. The molecule has 0 aliphatic carbocycles. The van der Waals surface area contributed by atoms with Gasteiger partial charge in [-0.05, 0) is 37.1 Å². The Morgan fingerprint density at radius 1 is 1.08 bits per heavy atom. The Morgan fingerprint density at radius 3 is 2.58 bits per heavy atom. The van der Waals surface area contributed by atoms with Gasteiger partial charge in [0, 0.05) is 18.1 Å². The second-order valence-corrected chi connectivity index (χ2v) is 5.94. The van der Waals surface area contributed by atoms with E-state index in [0.717, 1.165) is 17.7 Å². The average molecular weight is 320 g/mol. The molecule has 0 radical (unpaired) electrons. The number of amides is 1. The average Bonchev–Trinajstić information content (AvgIpc) is 3.03. The molecule has 0 fully saturated rings. The number of carbonyl (C=O) groups is 1. The third kappa shape index (κ3) is 3.90. The van der Waals surface area contributed by atoms with Gasteiger partial charge in [0.05, 0.1) is 12.2 Å². The predicted octanol–water partition coefficient (Wildman–Crippen LogP) is 3.81. The first kappa shape index (κ1) is 16.0. The molecule has 0 bridgehead atoms. The summed E-state index contributed by atoms with van der Waals surface area (Å²) in [7, 11) is 0. The minimum atomic E-state index is -0.119. The number of aromatic nitrogens is 1. The van der Waals surface area contributed by atoms with Crippen molar-refractivity contribution in [1.29, 1.82) is 0 Å². The minimum absolute atomic E-state index is 0.119. The number of aryl methyl sites for hydroxylation is 2. The third-order valence-corrected chi connectivity index (χ3v) is 3.98. The number of carbonyl (C=O) groups excluding carboxylic acids is 1. The number of nitrogens with one attached hydrogen (secondary N) is 1. The topological polar surface area (TPSA) is 55.1 Å². The highest BCUT2D eigenvalue weighted by atomic mass is 16.5. The van der Waals surface area contributed by atoms with Gasteiger partial charge in [0.1, 0.15) is 0 Å². The first-order valence-corrected chi connectivity index (χ1v) is 7.95. The number of benzene rings is 2. The number of hydrogen-bond donors (Lipinski definition) is 1. The minimum Gasteiger partial charge on any atom is -0.359 e. The molecule has 3 rings (SSSR count). The van der Waals surface area contributed by atoms with Crippen LogP contribution in [0, 0.1) is 13.8 Å². The van der Waals surface area contributed by atoms with Crippen LogP contribution in [0.25, 0.3) is 0 Å². The van der Waals surface area contributed by atoms with Crippen molar-refractivity contribution in [3.63, 3.8) is 0 Å². The van der Waals surface area contributed by atoms with E-state index in [1.807, 2.05) is 49.4 Å². The van der Waals surface area contributed by atoms with Crippen LogP contribution in [0.5, 0.6) is 0 Å². The summed E-state index contributed by atoms with van der Waals surface area (Å²) in [6, 6.07) is 17.6. The first-order valence-electron chi connectivity index (χ1n) is 7.95. The van der Waals surface area contributed by atoms with Gasteiger partial charge in [-0.25, -0.2) is 0 Å². The summed E-state index contributed by atoms with van der Waals surface area (Å²) in [6.07, 6.45) is 0.724. The van der Waals surface area contributed by atoms with Gasteiger partial charge in [0.25, 0.3) is 5.91 Å². The molecule has 0 aliphatic rings. The maximum absolute atomic E-state index is 12.1. The van der Waals surface area contributed by atoms with Crippen LogP contribution in [0.3, 0.4) is 0 Å². The fraction of sp³-hybridized carbons (Fsp3) is 0.200. The summed E-state index contributed by atoms with van der Waals surface area (Å²) >= 11 is 0. The molecule has 1 aromatic heterocycles. The van der Waals surface area contributed by atoms with Crippen molar-refractivity contribution in [2.24, 2.45) is 0 Å². The second kappa shape index (κ2) is 7.13. The van der Waals surface area contributed by atoms with Crippen LogP contribution in [0.1, 0.15) is 38.5 Å². The van der Waals surface area contributed by atoms with Gasteiger partial charge in [0.15, 0.2) is 5.76 Å². The molecule has 122 valence electrons. The summed E-state index contributed by atoms with van der Waals surface area (Å²) in [5.74, 6) is 0.533. The maximum atomic E-state index is 12.1. The van der Waals surface area contributed by atoms with Crippen LogP contribution in [0.15, 0.2) is 59.1 Å². The zero-order valence-electron chi connectivity index (χ0n) is 13.9. The van der Waals surface area contributed by atoms with Crippen LogP contribution in [0.4, 0.5) is 0 Å². The molecule has 0 aliphatic heterocycles. The Kier molecular flexibility index (Phi) is 4.75. The van der Waals surface area contributed by atoms with E-state index in [0.29, 0.717) is 17.9 Å². The van der Waals surface area contributed by atoms with E-state index in [4.69, 9.17) is 4.52 Å². The van der Waals surface area contributed by atoms with Crippen LogP contribution in [-0.4, -0.2) is 11.1 Å². The van der Waals surface area contributed by atoms with Crippen LogP contribution >= 0.6 is 0 Å². The van der Waals surface area contributed by atoms with Crippen molar-refractivity contribution >= 4 is 5.91 Å². The maximum Gasteiger partial charge on any atom is 0.251 e. The van der Waals surface area contributed by atoms with E-state index in [1.54, 1.807) is 0 Å². The Bertz CT molecular complexity index is 835. The number of rotatable bonds is 5. The molecule has 0 saturated heterocycles. The van der Waals surface area contributed by atoms with Gasteiger partial charge in [-0.2, -0.15) is 0 Å². The largest absolute Gasteiger partial charge is 0.359 e. The van der Waals surface area contributed by atoms with Crippen molar-refractivity contribution < 1.29 is 9.32 Å². The number of hydrogen-bond acceptors (Lipinski definition) is 3. The van der Waals surface area contributed by atoms with Crippen molar-refractivity contribution in [1.82, 2.24) is 10.5 Å². The second-order valence-electron chi connectivity index (χ2n) is 5.94. The molecule has 0 atom stereocenters. The lowest BCUT2D eigenvalue weighted by molar-refractivity contribution is 0.0947. The lowest BCUT2D eigenvalue weighted by Crippen LogP contribution is -2.22. The molecule has 1 N–H and O–H groups in total. The van der Waals surface area contributed by atoms with E-state index in [1.165, 1.54) is 11.1 Å². The highest BCUT2D eigenvalue weighted by molar-refractivity contribution is 5.94. The Morgan fingerprint density at radius 2 is 1.83 bits per heavy atom. The molecular formula is C20H20N2O2. The lowest BCUT2D eigenvalue weighted by Gasteiger charge is -2.03. The molecule has 1 heterocycles. The Labute approximate surface area is 141 Å². The predicted molar refractivity (Wildman–Crippen MR) is 92.8 cm³/mol. The van der Waals surface area contributed by atoms with Gasteiger partial charge < -0.3 is 9.84 Å². The molecule has 0 saturated carbocycles. The van der Waals surface area contributed by atoms with Gasteiger partial charge in [0.2, 0.25) is 0 Å². The molecule has 0 spiro atoms. The van der Waals surface area contributed by atoms with E-state index in [-0.39, 0.29) is 5.91 Å². The van der Waals surface area contributed by atoms with Crippen LogP contribution in [0.2, 0.25) is 0 Å². The van der Waals surface area contributed by atoms with E-state index in [9.17, 15) is 4.79 Å². The molecule has 0 unspecified atom stereocenters. The van der Waals surface area contributed by atoms with Crippen molar-refractivity contribution in [3.8, 4) is 0 Å². The van der Waals surface area contributed by atoms with Crippen molar-refractivity contribution in [2.45, 2.75) is 26.8 Å². The number of nitrogens with zero attached hydrogens (tertiary/aromatic N) is 1. The van der Waals surface area contributed by atoms with E-state index in [2.05, 4.69) is 29.5 Å². The van der Waals surface area contributed by atoms with E-state index >= 15 is 0 Å². The summed E-state index contributed by atoms with van der Waals surface area (Å²) in [5.41, 5.74) is 5.09. The monoisotopic (exact) mass is 320 g/mol. The molecule has 4 nitrogen and oxygen atoms in total.